The summed E-state index contributed by atoms with van der Waals surface area (Å²) in [5.41, 5.74) is 1.04. The molecule has 6 heteroatoms. The molecule has 1 aromatic heterocycles. The summed E-state index contributed by atoms with van der Waals surface area (Å²) in [4.78, 5) is 4.05. The highest BCUT2D eigenvalue weighted by molar-refractivity contribution is 9.10. The molecule has 2 rings (SSSR count). The summed E-state index contributed by atoms with van der Waals surface area (Å²) in [6.45, 7) is 2.82. The van der Waals surface area contributed by atoms with Gasteiger partial charge in [-0.05, 0) is 24.6 Å². The van der Waals surface area contributed by atoms with E-state index in [9.17, 15) is 4.39 Å². The van der Waals surface area contributed by atoms with E-state index in [1.54, 1.807) is 6.07 Å². The van der Waals surface area contributed by atoms with Crippen molar-refractivity contribution < 1.29 is 4.39 Å². The highest BCUT2D eigenvalue weighted by Crippen LogP contribution is 2.23. The third-order valence-corrected chi connectivity index (χ3v) is 3.39. The molecule has 0 bridgehead atoms. The molecule has 1 atom stereocenters. The summed E-state index contributed by atoms with van der Waals surface area (Å²) in [6, 6.07) is 4.87. The van der Waals surface area contributed by atoms with Gasteiger partial charge in [-0.15, -0.1) is 0 Å². The van der Waals surface area contributed by atoms with Gasteiger partial charge >= 0.3 is 0 Å². The predicted molar refractivity (Wildman–Crippen MR) is 70.6 cm³/mol. The van der Waals surface area contributed by atoms with Gasteiger partial charge in [-0.25, -0.2) is 9.37 Å². The minimum atomic E-state index is -0.237. The lowest BCUT2D eigenvalue weighted by Crippen LogP contribution is -2.22. The molecule has 0 fully saturated rings. The Morgan fingerprint density at radius 3 is 3.00 bits per heavy atom. The van der Waals surface area contributed by atoms with Crippen LogP contribution >= 0.6 is 15.9 Å². The first kappa shape index (κ1) is 13.2. The fraction of sp³-hybridized carbons (Fsp3) is 0.333. The molecule has 1 unspecified atom stereocenters. The van der Waals surface area contributed by atoms with E-state index in [1.165, 1.54) is 18.5 Å². The molecular weight excluding hydrogens is 299 g/mol. The molecule has 2 aromatic rings. The molecular formula is C12H14BrFN4. The monoisotopic (exact) mass is 312 g/mol. The van der Waals surface area contributed by atoms with E-state index in [4.69, 9.17) is 0 Å². The van der Waals surface area contributed by atoms with Crippen LogP contribution in [0.3, 0.4) is 0 Å². The van der Waals surface area contributed by atoms with Crippen LogP contribution in [0.2, 0.25) is 0 Å². The first-order valence-corrected chi connectivity index (χ1v) is 6.48. The van der Waals surface area contributed by atoms with Crippen molar-refractivity contribution in [2.24, 2.45) is 0 Å². The molecule has 96 valence electrons. The van der Waals surface area contributed by atoms with E-state index in [1.807, 2.05) is 6.92 Å². The van der Waals surface area contributed by atoms with Crippen LogP contribution in [0, 0.1) is 5.82 Å². The number of nitrogens with one attached hydrogen (secondary N) is 2. The van der Waals surface area contributed by atoms with E-state index in [0.29, 0.717) is 0 Å². The molecule has 0 radical (unpaired) electrons. The molecule has 0 saturated carbocycles. The molecule has 0 aliphatic rings. The lowest BCUT2D eigenvalue weighted by atomic mass is 10.1. The summed E-state index contributed by atoms with van der Waals surface area (Å²) < 4.78 is 13.8. The van der Waals surface area contributed by atoms with Crippen LogP contribution in [-0.4, -0.2) is 21.7 Å². The third kappa shape index (κ3) is 3.36. The number of hydrogen-bond donors (Lipinski definition) is 2. The van der Waals surface area contributed by atoms with Crippen molar-refractivity contribution >= 4 is 15.9 Å². The van der Waals surface area contributed by atoms with Gasteiger partial charge in [0.05, 0.1) is 0 Å². The van der Waals surface area contributed by atoms with E-state index in [2.05, 4.69) is 36.4 Å². The van der Waals surface area contributed by atoms with Crippen molar-refractivity contribution in [1.29, 1.82) is 0 Å². The Balaban J connectivity index is 1.89. The average Bonchev–Trinajstić information content (AvgIpc) is 2.81. The Bertz CT molecular complexity index is 501. The Kier molecular flexibility index (Phi) is 4.43. The van der Waals surface area contributed by atoms with Crippen molar-refractivity contribution in [2.75, 3.05) is 6.54 Å². The Morgan fingerprint density at radius 2 is 2.33 bits per heavy atom. The zero-order valence-corrected chi connectivity index (χ0v) is 11.5. The van der Waals surface area contributed by atoms with Crippen LogP contribution in [0.4, 0.5) is 4.39 Å². The summed E-state index contributed by atoms with van der Waals surface area (Å²) in [6.07, 6.45) is 2.28. The maximum Gasteiger partial charge on any atom is 0.137 e. The summed E-state index contributed by atoms with van der Waals surface area (Å²) in [5.74, 6) is 0.618. The molecule has 18 heavy (non-hydrogen) atoms. The molecule has 4 nitrogen and oxygen atoms in total. The first-order chi connectivity index (χ1) is 8.66. The Hall–Kier alpha value is -1.27. The molecule has 1 aromatic carbocycles. The van der Waals surface area contributed by atoms with Crippen LogP contribution in [0.5, 0.6) is 0 Å². The minimum Gasteiger partial charge on any atom is -0.310 e. The second kappa shape index (κ2) is 6.06. The molecule has 0 spiro atoms. The van der Waals surface area contributed by atoms with Gasteiger partial charge in [-0.2, -0.15) is 5.10 Å². The van der Waals surface area contributed by atoms with Gasteiger partial charge in [0.2, 0.25) is 0 Å². The van der Waals surface area contributed by atoms with Crippen LogP contribution in [0.1, 0.15) is 24.4 Å². The molecule has 2 N–H and O–H groups in total. The number of H-pyrrole nitrogens is 1. The van der Waals surface area contributed by atoms with Gasteiger partial charge in [0.1, 0.15) is 18.0 Å². The van der Waals surface area contributed by atoms with Crippen LogP contribution in [-0.2, 0) is 6.42 Å². The molecule has 1 heterocycles. The molecule has 0 aliphatic carbocycles. The first-order valence-electron chi connectivity index (χ1n) is 5.69. The zero-order chi connectivity index (χ0) is 13.0. The summed E-state index contributed by atoms with van der Waals surface area (Å²) in [7, 11) is 0. The number of benzene rings is 1. The maximum atomic E-state index is 13.0. The zero-order valence-electron chi connectivity index (χ0n) is 9.95. The number of halogens is 2. The number of rotatable bonds is 5. The minimum absolute atomic E-state index is 0.142. The van der Waals surface area contributed by atoms with Crippen molar-refractivity contribution in [3.05, 3.63) is 46.2 Å². The number of hydrogen-bond acceptors (Lipinski definition) is 3. The maximum absolute atomic E-state index is 13.0. The molecule has 0 amide bonds. The van der Waals surface area contributed by atoms with Crippen LogP contribution in [0.15, 0.2) is 29.0 Å². The van der Waals surface area contributed by atoms with E-state index in [-0.39, 0.29) is 11.9 Å². The van der Waals surface area contributed by atoms with E-state index >= 15 is 0 Å². The van der Waals surface area contributed by atoms with Crippen molar-refractivity contribution in [2.45, 2.75) is 19.4 Å². The fourth-order valence-electron chi connectivity index (χ4n) is 1.72. The van der Waals surface area contributed by atoms with Gasteiger partial charge in [0, 0.05) is 23.5 Å². The largest absolute Gasteiger partial charge is 0.310 e. The number of aromatic amines is 1. The lowest BCUT2D eigenvalue weighted by molar-refractivity contribution is 0.565. The molecule has 0 aliphatic heterocycles. The Labute approximate surface area is 113 Å². The average molecular weight is 313 g/mol. The lowest BCUT2D eigenvalue weighted by Gasteiger charge is -2.15. The SMILES string of the molecule is CC(NCCc1ncn[nH]1)c1ccc(F)cc1Br. The second-order valence-corrected chi connectivity index (χ2v) is 4.88. The normalized spacial score (nSPS) is 12.6. The van der Waals surface area contributed by atoms with E-state index < -0.39 is 0 Å². The summed E-state index contributed by atoms with van der Waals surface area (Å²) >= 11 is 3.37. The smallest absolute Gasteiger partial charge is 0.137 e. The second-order valence-electron chi connectivity index (χ2n) is 4.02. The van der Waals surface area contributed by atoms with Crippen LogP contribution < -0.4 is 5.32 Å². The Morgan fingerprint density at radius 1 is 1.50 bits per heavy atom. The van der Waals surface area contributed by atoms with Gasteiger partial charge in [0.15, 0.2) is 0 Å². The van der Waals surface area contributed by atoms with Crippen molar-refractivity contribution in [3.8, 4) is 0 Å². The quantitative estimate of drug-likeness (QED) is 0.892. The van der Waals surface area contributed by atoms with Crippen LogP contribution in [0.25, 0.3) is 0 Å². The fourth-order valence-corrected chi connectivity index (χ4v) is 2.42. The predicted octanol–water partition coefficient (Wildman–Crippen LogP) is 2.60. The van der Waals surface area contributed by atoms with Gasteiger partial charge in [-0.3, -0.25) is 5.10 Å². The highest BCUT2D eigenvalue weighted by Gasteiger charge is 2.09. The topological polar surface area (TPSA) is 53.6 Å². The molecule has 0 saturated heterocycles. The van der Waals surface area contributed by atoms with Gasteiger partial charge < -0.3 is 5.32 Å². The summed E-state index contributed by atoms with van der Waals surface area (Å²) in [5, 5.41) is 9.96. The van der Waals surface area contributed by atoms with Gasteiger partial charge in [0.25, 0.3) is 0 Å². The van der Waals surface area contributed by atoms with Crippen molar-refractivity contribution in [1.82, 2.24) is 20.5 Å². The van der Waals surface area contributed by atoms with Crippen molar-refractivity contribution in [3.63, 3.8) is 0 Å². The van der Waals surface area contributed by atoms with Gasteiger partial charge in [-0.1, -0.05) is 22.0 Å². The number of aromatic nitrogens is 3. The number of nitrogens with zero attached hydrogens (tertiary/aromatic N) is 2. The van der Waals surface area contributed by atoms with E-state index in [0.717, 1.165) is 28.8 Å². The highest BCUT2D eigenvalue weighted by atomic mass is 79.9. The third-order valence-electron chi connectivity index (χ3n) is 2.71. The standard InChI is InChI=1S/C12H14BrFN4/c1-8(10-3-2-9(14)6-11(10)13)15-5-4-12-16-7-17-18-12/h2-3,6-8,15H,4-5H2,1H3,(H,16,17,18).